The van der Waals surface area contributed by atoms with Crippen LogP contribution in [0.2, 0.25) is 0 Å². The maximum absolute atomic E-state index is 9.00. The third-order valence-corrected chi connectivity index (χ3v) is 0.706. The van der Waals surface area contributed by atoms with E-state index in [4.69, 9.17) is 15.0 Å². The summed E-state index contributed by atoms with van der Waals surface area (Å²) in [6.45, 7) is 4.95. The van der Waals surface area contributed by atoms with Crippen LogP contribution in [0.4, 0.5) is 0 Å². The number of carboxylic acids is 1. The molecule has 1 atom stereocenters. The SMILES string of the molecule is CC(=O)O.CCCC(C)O. The van der Waals surface area contributed by atoms with E-state index in [0.717, 1.165) is 19.8 Å². The molecule has 0 saturated heterocycles. The second-order valence-electron chi connectivity index (χ2n) is 2.16. The van der Waals surface area contributed by atoms with E-state index < -0.39 is 5.97 Å². The molecule has 0 aromatic heterocycles. The molecular formula is C7H16O3. The predicted molar refractivity (Wildman–Crippen MR) is 39.9 cm³/mol. The second-order valence-corrected chi connectivity index (χ2v) is 2.16. The summed E-state index contributed by atoms with van der Waals surface area (Å²) in [6.07, 6.45) is 1.91. The molecule has 0 heterocycles. The minimum atomic E-state index is -0.833. The third-order valence-electron chi connectivity index (χ3n) is 0.706. The van der Waals surface area contributed by atoms with Gasteiger partial charge in [-0.3, -0.25) is 4.79 Å². The van der Waals surface area contributed by atoms with E-state index >= 15 is 0 Å². The van der Waals surface area contributed by atoms with Gasteiger partial charge < -0.3 is 10.2 Å². The highest BCUT2D eigenvalue weighted by Crippen LogP contribution is 1.91. The summed E-state index contributed by atoms with van der Waals surface area (Å²) in [5.41, 5.74) is 0. The number of aliphatic carboxylic acids is 1. The molecule has 3 nitrogen and oxygen atoms in total. The summed E-state index contributed by atoms with van der Waals surface area (Å²) < 4.78 is 0. The predicted octanol–water partition coefficient (Wildman–Crippen LogP) is 1.26. The minimum absolute atomic E-state index is 0.102. The molecule has 10 heavy (non-hydrogen) atoms. The molecule has 0 aromatic rings. The van der Waals surface area contributed by atoms with Gasteiger partial charge in [-0.2, -0.15) is 0 Å². The molecule has 0 amide bonds. The van der Waals surface area contributed by atoms with Crippen molar-refractivity contribution in [3.05, 3.63) is 0 Å². The van der Waals surface area contributed by atoms with Gasteiger partial charge in [-0.05, 0) is 13.3 Å². The summed E-state index contributed by atoms with van der Waals surface area (Å²) in [5, 5.41) is 16.0. The Kier molecular flexibility index (Phi) is 10.2. The summed E-state index contributed by atoms with van der Waals surface area (Å²) >= 11 is 0. The van der Waals surface area contributed by atoms with E-state index in [-0.39, 0.29) is 6.10 Å². The standard InChI is InChI=1S/C5H12O.C2H4O2/c1-3-4-5(2)6;1-2(3)4/h5-6H,3-4H2,1-2H3;1H3,(H,3,4). The van der Waals surface area contributed by atoms with E-state index in [9.17, 15) is 0 Å². The first-order valence-corrected chi connectivity index (χ1v) is 3.38. The van der Waals surface area contributed by atoms with Crippen LogP contribution in [-0.2, 0) is 4.79 Å². The number of carboxylic acid groups (broad SMARTS) is 1. The van der Waals surface area contributed by atoms with Crippen LogP contribution in [0.25, 0.3) is 0 Å². The van der Waals surface area contributed by atoms with Crippen molar-refractivity contribution in [1.29, 1.82) is 0 Å². The molecule has 0 radical (unpaired) electrons. The van der Waals surface area contributed by atoms with Gasteiger partial charge in [0, 0.05) is 6.92 Å². The van der Waals surface area contributed by atoms with Gasteiger partial charge in [0.25, 0.3) is 5.97 Å². The number of hydrogen-bond acceptors (Lipinski definition) is 2. The Morgan fingerprint density at radius 1 is 1.60 bits per heavy atom. The zero-order valence-corrected chi connectivity index (χ0v) is 6.79. The molecule has 1 unspecified atom stereocenters. The van der Waals surface area contributed by atoms with Crippen molar-refractivity contribution in [2.45, 2.75) is 39.7 Å². The zero-order valence-electron chi connectivity index (χ0n) is 6.79. The first-order valence-electron chi connectivity index (χ1n) is 3.38. The van der Waals surface area contributed by atoms with Gasteiger partial charge in [0.1, 0.15) is 0 Å². The van der Waals surface area contributed by atoms with Gasteiger partial charge in [0.15, 0.2) is 0 Å². The number of aliphatic hydroxyl groups excluding tert-OH is 1. The van der Waals surface area contributed by atoms with Crippen molar-refractivity contribution in [3.63, 3.8) is 0 Å². The van der Waals surface area contributed by atoms with Crippen molar-refractivity contribution in [2.75, 3.05) is 0 Å². The molecule has 0 saturated carbocycles. The van der Waals surface area contributed by atoms with Crippen molar-refractivity contribution >= 4 is 5.97 Å². The number of aliphatic hydroxyl groups is 1. The molecule has 62 valence electrons. The van der Waals surface area contributed by atoms with Crippen molar-refractivity contribution in [2.24, 2.45) is 0 Å². The summed E-state index contributed by atoms with van der Waals surface area (Å²) in [4.78, 5) is 9.00. The highest BCUT2D eigenvalue weighted by molar-refractivity contribution is 5.62. The summed E-state index contributed by atoms with van der Waals surface area (Å²) in [5.74, 6) is -0.833. The van der Waals surface area contributed by atoms with Crippen molar-refractivity contribution < 1.29 is 15.0 Å². The van der Waals surface area contributed by atoms with Crippen LogP contribution in [0.15, 0.2) is 0 Å². The normalized spacial score (nSPS) is 11.2. The van der Waals surface area contributed by atoms with E-state index in [1.807, 2.05) is 6.92 Å². The van der Waals surface area contributed by atoms with Gasteiger partial charge in [-0.25, -0.2) is 0 Å². The molecular weight excluding hydrogens is 132 g/mol. The van der Waals surface area contributed by atoms with Crippen molar-refractivity contribution in [3.8, 4) is 0 Å². The Bertz CT molecular complexity index is 74.9. The minimum Gasteiger partial charge on any atom is -0.481 e. The molecule has 2 N–H and O–H groups in total. The van der Waals surface area contributed by atoms with Crippen LogP contribution in [0.5, 0.6) is 0 Å². The van der Waals surface area contributed by atoms with Crippen molar-refractivity contribution in [1.82, 2.24) is 0 Å². The van der Waals surface area contributed by atoms with E-state index in [0.29, 0.717) is 0 Å². The van der Waals surface area contributed by atoms with Crippen LogP contribution in [0.1, 0.15) is 33.6 Å². The van der Waals surface area contributed by atoms with Gasteiger partial charge in [-0.1, -0.05) is 13.3 Å². The Labute approximate surface area is 61.7 Å². The number of hydrogen-bond donors (Lipinski definition) is 2. The highest BCUT2D eigenvalue weighted by Gasteiger charge is 1.87. The fraction of sp³-hybridized carbons (Fsp3) is 0.857. The van der Waals surface area contributed by atoms with Crippen LogP contribution in [0.3, 0.4) is 0 Å². The first-order chi connectivity index (χ1) is 4.50. The lowest BCUT2D eigenvalue weighted by atomic mass is 10.2. The fourth-order valence-electron chi connectivity index (χ4n) is 0.418. The Balaban J connectivity index is 0. The van der Waals surface area contributed by atoms with E-state index in [2.05, 4.69) is 6.92 Å². The summed E-state index contributed by atoms with van der Waals surface area (Å²) in [7, 11) is 0. The lowest BCUT2D eigenvalue weighted by molar-refractivity contribution is -0.134. The molecule has 0 fully saturated rings. The Morgan fingerprint density at radius 2 is 1.90 bits per heavy atom. The maximum atomic E-state index is 9.00. The average Bonchev–Trinajstić information content (AvgIpc) is 1.62. The monoisotopic (exact) mass is 148 g/mol. The topological polar surface area (TPSA) is 57.5 Å². The third kappa shape index (κ3) is 52.0. The Hall–Kier alpha value is -0.570. The van der Waals surface area contributed by atoms with Gasteiger partial charge in [-0.15, -0.1) is 0 Å². The Morgan fingerprint density at radius 3 is 1.90 bits per heavy atom. The van der Waals surface area contributed by atoms with Crippen LogP contribution in [-0.4, -0.2) is 22.3 Å². The molecule has 0 aliphatic rings. The van der Waals surface area contributed by atoms with Gasteiger partial charge in [0.2, 0.25) is 0 Å². The quantitative estimate of drug-likeness (QED) is 0.619. The van der Waals surface area contributed by atoms with Crippen LogP contribution < -0.4 is 0 Å². The van der Waals surface area contributed by atoms with Gasteiger partial charge >= 0.3 is 0 Å². The second kappa shape index (κ2) is 8.43. The average molecular weight is 148 g/mol. The zero-order chi connectivity index (χ0) is 8.57. The lowest BCUT2D eigenvalue weighted by Crippen LogP contribution is -1.95. The van der Waals surface area contributed by atoms with Crippen LogP contribution >= 0.6 is 0 Å². The maximum Gasteiger partial charge on any atom is 0.300 e. The molecule has 0 aliphatic heterocycles. The van der Waals surface area contributed by atoms with E-state index in [1.54, 1.807) is 0 Å². The van der Waals surface area contributed by atoms with Gasteiger partial charge in [0.05, 0.1) is 6.10 Å². The number of rotatable bonds is 2. The summed E-state index contributed by atoms with van der Waals surface area (Å²) in [6, 6.07) is 0. The van der Waals surface area contributed by atoms with E-state index in [1.165, 1.54) is 0 Å². The highest BCUT2D eigenvalue weighted by atomic mass is 16.4. The molecule has 0 aliphatic carbocycles. The van der Waals surface area contributed by atoms with Crippen LogP contribution in [0, 0.1) is 0 Å². The molecule has 3 heteroatoms. The molecule has 0 aromatic carbocycles. The largest absolute Gasteiger partial charge is 0.481 e. The lowest BCUT2D eigenvalue weighted by Gasteiger charge is -1.95. The first kappa shape index (κ1) is 12.1. The number of carbonyl (C=O) groups is 1. The smallest absolute Gasteiger partial charge is 0.300 e. The molecule has 0 bridgehead atoms. The molecule has 0 rings (SSSR count). The molecule has 0 spiro atoms. The fourth-order valence-corrected chi connectivity index (χ4v) is 0.418.